The number of aryl methyl sites for hydroxylation is 2. The normalized spacial score (nSPS) is 13.1. The van der Waals surface area contributed by atoms with Gasteiger partial charge in [-0.25, -0.2) is 0 Å². The molecule has 0 aromatic heterocycles. The summed E-state index contributed by atoms with van der Waals surface area (Å²) in [5.41, 5.74) is 3.65. The Morgan fingerprint density at radius 1 is 1.08 bits per heavy atom. The fourth-order valence-corrected chi connectivity index (χ4v) is 2.74. The number of hydrogen-bond donors (Lipinski definition) is 2. The SMILES string of the molecule is Cc1ccc(C)c(NC(=O)C[C@@H](C(=O)O)[C@H](C)c2ccccc2)c1. The first kappa shape index (κ1) is 17.7. The summed E-state index contributed by atoms with van der Waals surface area (Å²) in [4.78, 5) is 24.0. The molecule has 24 heavy (non-hydrogen) atoms. The molecule has 0 radical (unpaired) electrons. The lowest BCUT2D eigenvalue weighted by molar-refractivity contribution is -0.144. The number of anilines is 1. The van der Waals surface area contributed by atoms with Crippen LogP contribution in [0.15, 0.2) is 48.5 Å². The van der Waals surface area contributed by atoms with Crippen molar-refractivity contribution in [3.63, 3.8) is 0 Å². The molecule has 0 saturated heterocycles. The maximum atomic E-state index is 12.4. The predicted molar refractivity (Wildman–Crippen MR) is 95.1 cm³/mol. The Morgan fingerprint density at radius 2 is 1.75 bits per heavy atom. The first-order valence-corrected chi connectivity index (χ1v) is 8.03. The van der Waals surface area contributed by atoms with Gasteiger partial charge >= 0.3 is 5.97 Å². The maximum absolute atomic E-state index is 12.4. The van der Waals surface area contributed by atoms with Gasteiger partial charge in [-0.1, -0.05) is 49.4 Å². The summed E-state index contributed by atoms with van der Waals surface area (Å²) in [7, 11) is 0. The standard InChI is InChI=1S/C20H23NO3/c1-13-9-10-14(2)18(11-13)21-19(22)12-17(20(23)24)15(3)16-7-5-4-6-8-16/h4-11,15,17H,12H2,1-3H3,(H,21,22)(H,23,24)/t15-,17-/m1/s1. The van der Waals surface area contributed by atoms with Crippen LogP contribution in [0.4, 0.5) is 5.69 Å². The lowest BCUT2D eigenvalue weighted by atomic mass is 9.85. The highest BCUT2D eigenvalue weighted by Crippen LogP contribution is 2.28. The Balaban J connectivity index is 2.11. The summed E-state index contributed by atoms with van der Waals surface area (Å²) in [6.07, 6.45) is -0.0568. The number of carbonyl (C=O) groups is 2. The van der Waals surface area contributed by atoms with E-state index in [1.165, 1.54) is 0 Å². The van der Waals surface area contributed by atoms with E-state index < -0.39 is 11.9 Å². The largest absolute Gasteiger partial charge is 0.481 e. The molecule has 0 aliphatic carbocycles. The lowest BCUT2D eigenvalue weighted by Crippen LogP contribution is -2.26. The van der Waals surface area contributed by atoms with Gasteiger partial charge in [0.05, 0.1) is 5.92 Å². The van der Waals surface area contributed by atoms with Crippen molar-refractivity contribution in [1.82, 2.24) is 0 Å². The molecule has 2 aromatic rings. The highest BCUT2D eigenvalue weighted by molar-refractivity contribution is 5.94. The molecule has 0 aliphatic heterocycles. The minimum atomic E-state index is -0.956. The van der Waals surface area contributed by atoms with Gasteiger partial charge in [0.1, 0.15) is 0 Å². The Morgan fingerprint density at radius 3 is 2.38 bits per heavy atom. The zero-order chi connectivity index (χ0) is 17.7. The molecule has 1 amide bonds. The molecular weight excluding hydrogens is 302 g/mol. The fraction of sp³-hybridized carbons (Fsp3) is 0.300. The number of carboxylic acid groups (broad SMARTS) is 1. The second-order valence-electron chi connectivity index (χ2n) is 6.21. The van der Waals surface area contributed by atoms with Crippen LogP contribution in [0, 0.1) is 19.8 Å². The van der Waals surface area contributed by atoms with Crippen LogP contribution in [0.25, 0.3) is 0 Å². The van der Waals surface area contributed by atoms with Gasteiger partial charge in [-0.15, -0.1) is 0 Å². The van der Waals surface area contributed by atoms with E-state index in [4.69, 9.17) is 0 Å². The molecular formula is C20H23NO3. The Kier molecular flexibility index (Phi) is 5.74. The number of amides is 1. The number of carboxylic acids is 1. The summed E-state index contributed by atoms with van der Waals surface area (Å²) in [5.74, 6) is -2.24. The van der Waals surface area contributed by atoms with Crippen molar-refractivity contribution < 1.29 is 14.7 Å². The van der Waals surface area contributed by atoms with Gasteiger partial charge in [0, 0.05) is 12.1 Å². The molecule has 4 nitrogen and oxygen atoms in total. The van der Waals surface area contributed by atoms with E-state index >= 15 is 0 Å². The van der Waals surface area contributed by atoms with Gasteiger partial charge in [0.2, 0.25) is 5.91 Å². The van der Waals surface area contributed by atoms with Crippen LogP contribution >= 0.6 is 0 Å². The smallest absolute Gasteiger partial charge is 0.307 e. The van der Waals surface area contributed by atoms with Gasteiger partial charge in [-0.05, 0) is 42.5 Å². The Hall–Kier alpha value is -2.62. The van der Waals surface area contributed by atoms with Crippen molar-refractivity contribution in [2.24, 2.45) is 5.92 Å². The molecule has 0 unspecified atom stereocenters. The zero-order valence-corrected chi connectivity index (χ0v) is 14.2. The van der Waals surface area contributed by atoms with Gasteiger partial charge in [0.25, 0.3) is 0 Å². The number of nitrogens with one attached hydrogen (secondary N) is 1. The summed E-state index contributed by atoms with van der Waals surface area (Å²) in [6, 6.07) is 15.2. The Bertz CT molecular complexity index is 725. The quantitative estimate of drug-likeness (QED) is 0.839. The van der Waals surface area contributed by atoms with Crippen molar-refractivity contribution in [1.29, 1.82) is 0 Å². The molecule has 0 spiro atoms. The van der Waals surface area contributed by atoms with Crippen LogP contribution < -0.4 is 5.32 Å². The first-order chi connectivity index (χ1) is 11.4. The average Bonchev–Trinajstić information content (AvgIpc) is 2.56. The Labute approximate surface area is 142 Å². The van der Waals surface area contributed by atoms with Crippen molar-refractivity contribution in [3.8, 4) is 0 Å². The molecule has 4 heteroatoms. The van der Waals surface area contributed by atoms with Crippen molar-refractivity contribution in [2.45, 2.75) is 33.1 Å². The number of benzene rings is 2. The summed E-state index contributed by atoms with van der Waals surface area (Å²) in [6.45, 7) is 5.71. The molecule has 0 fully saturated rings. The third-order valence-corrected chi connectivity index (χ3v) is 4.32. The third kappa shape index (κ3) is 4.44. The highest BCUT2D eigenvalue weighted by Gasteiger charge is 2.28. The number of aliphatic carboxylic acids is 1. The van der Waals surface area contributed by atoms with Crippen LogP contribution in [-0.2, 0) is 9.59 Å². The monoisotopic (exact) mass is 325 g/mol. The van der Waals surface area contributed by atoms with Crippen molar-refractivity contribution in [2.75, 3.05) is 5.32 Å². The second kappa shape index (κ2) is 7.77. The molecule has 0 aliphatic rings. The molecule has 0 saturated carbocycles. The molecule has 0 heterocycles. The van der Waals surface area contributed by atoms with Gasteiger partial charge in [-0.2, -0.15) is 0 Å². The average molecular weight is 325 g/mol. The van der Waals surface area contributed by atoms with Crippen LogP contribution in [0.5, 0.6) is 0 Å². The fourth-order valence-electron chi connectivity index (χ4n) is 2.74. The summed E-state index contributed by atoms with van der Waals surface area (Å²) < 4.78 is 0. The van der Waals surface area contributed by atoms with Gasteiger partial charge in [-0.3, -0.25) is 9.59 Å². The van der Waals surface area contributed by atoms with Crippen LogP contribution in [0.2, 0.25) is 0 Å². The molecule has 2 N–H and O–H groups in total. The minimum Gasteiger partial charge on any atom is -0.481 e. The first-order valence-electron chi connectivity index (χ1n) is 8.03. The minimum absolute atomic E-state index is 0.0568. The van der Waals surface area contributed by atoms with Crippen molar-refractivity contribution in [3.05, 3.63) is 65.2 Å². The van der Waals surface area contributed by atoms with E-state index in [0.29, 0.717) is 0 Å². The second-order valence-corrected chi connectivity index (χ2v) is 6.21. The summed E-state index contributed by atoms with van der Waals surface area (Å²) in [5, 5.41) is 12.4. The topological polar surface area (TPSA) is 66.4 Å². The van der Waals surface area contributed by atoms with Crippen LogP contribution in [-0.4, -0.2) is 17.0 Å². The van der Waals surface area contributed by atoms with Gasteiger partial charge in [0.15, 0.2) is 0 Å². The molecule has 2 aromatic carbocycles. The zero-order valence-electron chi connectivity index (χ0n) is 14.2. The van der Waals surface area contributed by atoms with E-state index in [0.717, 1.165) is 22.4 Å². The molecule has 126 valence electrons. The molecule has 0 bridgehead atoms. The van der Waals surface area contributed by atoms with E-state index in [1.807, 2.05) is 69.3 Å². The van der Waals surface area contributed by atoms with Crippen molar-refractivity contribution >= 4 is 17.6 Å². The predicted octanol–water partition coefficient (Wildman–Crippen LogP) is 4.14. The van der Waals surface area contributed by atoms with E-state index in [1.54, 1.807) is 0 Å². The van der Waals surface area contributed by atoms with Gasteiger partial charge < -0.3 is 10.4 Å². The highest BCUT2D eigenvalue weighted by atomic mass is 16.4. The number of rotatable bonds is 6. The maximum Gasteiger partial charge on any atom is 0.307 e. The van der Waals surface area contributed by atoms with Crippen LogP contribution in [0.3, 0.4) is 0 Å². The lowest BCUT2D eigenvalue weighted by Gasteiger charge is -2.20. The molecule has 2 rings (SSSR count). The van der Waals surface area contributed by atoms with E-state index in [9.17, 15) is 14.7 Å². The number of hydrogen-bond acceptors (Lipinski definition) is 2. The van der Waals surface area contributed by atoms with E-state index in [-0.39, 0.29) is 18.2 Å². The number of carbonyl (C=O) groups excluding carboxylic acids is 1. The van der Waals surface area contributed by atoms with Crippen LogP contribution in [0.1, 0.15) is 36.0 Å². The summed E-state index contributed by atoms with van der Waals surface area (Å²) >= 11 is 0. The van der Waals surface area contributed by atoms with E-state index in [2.05, 4.69) is 5.32 Å². The third-order valence-electron chi connectivity index (χ3n) is 4.32. The molecule has 2 atom stereocenters.